The molecule has 8 unspecified atom stereocenters. The first-order valence-electron chi connectivity index (χ1n) is 11.7. The molecule has 3 saturated heterocycles. The van der Waals surface area contributed by atoms with Crippen LogP contribution in [0, 0.1) is 0 Å². The summed E-state index contributed by atoms with van der Waals surface area (Å²) in [7, 11) is 2.71. The number of hydrogen-bond acceptors (Lipinski definition) is 15. The molecule has 18 heteroatoms. The molecule has 0 aromatic heterocycles. The van der Waals surface area contributed by atoms with E-state index in [0.717, 1.165) is 0 Å². The first kappa shape index (κ1) is 40.6. The Balaban J connectivity index is 0.000000770. The average Bonchev–Trinajstić information content (AvgIpc) is 2.93. The summed E-state index contributed by atoms with van der Waals surface area (Å²) in [6.45, 7) is 0.412. The Morgan fingerprint density at radius 3 is 1.92 bits per heavy atom. The quantitative estimate of drug-likeness (QED) is 0.115. The Hall–Kier alpha value is 1.59. The van der Waals surface area contributed by atoms with Crippen LogP contribution in [0.4, 0.5) is 0 Å². The Bertz CT molecular complexity index is 654. The molecule has 3 rings (SSSR count). The van der Waals surface area contributed by atoms with Crippen molar-refractivity contribution in [3.63, 3.8) is 0 Å². The molecule has 0 saturated carbocycles. The summed E-state index contributed by atoms with van der Waals surface area (Å²) in [5, 5.41) is 86.1. The highest BCUT2D eigenvalue weighted by atomic mass is 128. The van der Waals surface area contributed by atoms with E-state index in [1.165, 1.54) is 14.2 Å². The number of halogens is 3. The molecule has 0 amide bonds. The smallest absolute Gasteiger partial charge is 0.186 e. The third kappa shape index (κ3) is 10.3. The van der Waals surface area contributed by atoms with Gasteiger partial charge >= 0.3 is 0 Å². The number of methoxy groups -OCH3 is 2. The second-order valence-electron chi connectivity index (χ2n) is 9.05. The van der Waals surface area contributed by atoms with Gasteiger partial charge in [-0.15, -0.1) is 24.0 Å². The van der Waals surface area contributed by atoms with E-state index in [4.69, 9.17) is 38.6 Å². The monoisotopic (exact) mass is 914 g/mol. The third-order valence-corrected chi connectivity index (χ3v) is 6.66. The van der Waals surface area contributed by atoms with Gasteiger partial charge in [0.2, 0.25) is 0 Å². The topological polar surface area (TPSA) is 237 Å². The number of ether oxygens (including phenoxy) is 6. The Morgan fingerprint density at radius 1 is 0.821 bits per heavy atom. The maximum absolute atomic E-state index is 10.1. The van der Waals surface area contributed by atoms with Crippen LogP contribution in [0.5, 0.6) is 0 Å². The highest BCUT2D eigenvalue weighted by Crippen LogP contribution is 2.28. The summed E-state index contributed by atoms with van der Waals surface area (Å²) in [6.07, 6.45) is -13.2. The first-order valence-corrected chi connectivity index (χ1v) is 18.0. The van der Waals surface area contributed by atoms with Crippen molar-refractivity contribution in [1.29, 1.82) is 0 Å². The lowest BCUT2D eigenvalue weighted by atomic mass is 9.91. The van der Waals surface area contributed by atoms with Crippen LogP contribution in [-0.2, 0) is 28.4 Å². The van der Waals surface area contributed by atoms with Crippen molar-refractivity contribution in [1.82, 2.24) is 0 Å². The minimum atomic E-state index is -1.57. The molecule has 9 N–H and O–H groups in total. The summed E-state index contributed by atoms with van der Waals surface area (Å²) in [5.41, 5.74) is -1.38. The van der Waals surface area contributed by atoms with Gasteiger partial charge < -0.3 is 74.4 Å². The van der Waals surface area contributed by atoms with E-state index < -0.39 is 85.6 Å². The second kappa shape index (κ2) is 19.8. The van der Waals surface area contributed by atoms with Crippen LogP contribution in [-0.4, -0.2) is 172 Å². The number of aliphatic hydroxyl groups is 9. The number of hydrogen-bond donors (Lipinski definition) is 9. The van der Waals surface area contributed by atoms with Crippen molar-refractivity contribution < 1.29 is 74.4 Å². The summed E-state index contributed by atoms with van der Waals surface area (Å²) in [5.74, 6) is 0. The maximum Gasteiger partial charge on any atom is 0.186 e. The van der Waals surface area contributed by atoms with E-state index in [0.29, 0.717) is 0 Å². The van der Waals surface area contributed by atoms with E-state index in [1.54, 1.807) is 6.92 Å². The molecule has 13 atom stereocenters. The van der Waals surface area contributed by atoms with E-state index in [-0.39, 0.29) is 50.4 Å². The van der Waals surface area contributed by atoms with Crippen molar-refractivity contribution in [2.45, 2.75) is 86.0 Å². The lowest BCUT2D eigenvalue weighted by molar-refractivity contribution is -0.321. The van der Waals surface area contributed by atoms with Gasteiger partial charge in [-0.25, -0.2) is 0 Å². The van der Waals surface area contributed by atoms with Gasteiger partial charge in [0, 0.05) is 51.5 Å². The van der Waals surface area contributed by atoms with E-state index in [9.17, 15) is 35.7 Å². The van der Waals surface area contributed by atoms with Crippen LogP contribution in [0.3, 0.4) is 0 Å². The van der Waals surface area contributed by atoms with Gasteiger partial charge in [-0.3, -0.25) is 0 Å². The maximum atomic E-state index is 10.1. The fourth-order valence-corrected chi connectivity index (χ4v) is 4.24. The zero-order chi connectivity index (χ0) is 29.2. The molecule has 3 aliphatic rings. The molecule has 0 aliphatic carbocycles. The molecule has 0 aromatic rings. The predicted molar refractivity (Wildman–Crippen MR) is 160 cm³/mol. The zero-order valence-corrected chi connectivity index (χ0v) is 28.2. The molecule has 0 spiro atoms. The van der Waals surface area contributed by atoms with Crippen LogP contribution < -0.4 is 0 Å². The fraction of sp³-hybridized carbons (Fsp3) is 1.00. The molecule has 0 radical (unpaired) electrons. The van der Waals surface area contributed by atoms with Gasteiger partial charge in [0.25, 0.3) is 0 Å². The van der Waals surface area contributed by atoms with Crippen molar-refractivity contribution in [2.24, 2.45) is 0 Å². The third-order valence-electron chi connectivity index (χ3n) is 6.66. The number of aliphatic hydroxyl groups excluding tert-OH is 9. The van der Waals surface area contributed by atoms with Gasteiger partial charge in [-0.05, 0) is 6.92 Å². The summed E-state index contributed by atoms with van der Waals surface area (Å²) in [6, 6.07) is 0. The Labute approximate surface area is 267 Å². The molecule has 0 bridgehead atoms. The normalized spacial score (nSPS) is 44.2. The lowest BCUT2D eigenvalue weighted by Crippen LogP contribution is -2.63. The van der Waals surface area contributed by atoms with Crippen molar-refractivity contribution in [3.05, 3.63) is 0 Å². The van der Waals surface area contributed by atoms with Crippen LogP contribution >= 0.6 is 61.2 Å². The number of rotatable bonds is 7. The van der Waals surface area contributed by atoms with Crippen LogP contribution in [0.1, 0.15) is 6.92 Å². The van der Waals surface area contributed by atoms with Gasteiger partial charge in [0.15, 0.2) is 6.29 Å². The van der Waals surface area contributed by atoms with Crippen LogP contribution in [0.25, 0.3) is 0 Å². The molecule has 39 heavy (non-hydrogen) atoms. The molecular weight excluding hydrogens is 873 g/mol. The van der Waals surface area contributed by atoms with Gasteiger partial charge in [-0.2, -0.15) is 0 Å². The average molecular weight is 914 g/mol. The van der Waals surface area contributed by atoms with Crippen LogP contribution in [0.2, 0.25) is 0 Å². The molecule has 15 nitrogen and oxygen atoms in total. The molecule has 3 heterocycles. The van der Waals surface area contributed by atoms with E-state index in [1.807, 2.05) is 0 Å². The molecule has 236 valence electrons. The minimum absolute atomic E-state index is 0. The molecule has 0 aromatic carbocycles. The summed E-state index contributed by atoms with van der Waals surface area (Å²) < 4.78 is 31.1. The highest BCUT2D eigenvalue weighted by Gasteiger charge is 2.49. The zero-order valence-electron chi connectivity index (χ0n) is 21.6. The van der Waals surface area contributed by atoms with E-state index >= 15 is 0 Å². The second-order valence-corrected chi connectivity index (χ2v) is 9.05. The van der Waals surface area contributed by atoms with Gasteiger partial charge in [0.05, 0.1) is 39.1 Å². The van der Waals surface area contributed by atoms with Crippen LogP contribution in [0.15, 0.2) is 0 Å². The van der Waals surface area contributed by atoms with Crippen molar-refractivity contribution >= 4 is 61.2 Å². The standard InChI is InChI=1S/C13H24O10.C8H16O5.I2.HI/c1-20-13(4-21-3-6(15)11(13)19)5-22-12-10(18)9(17)8(16)7(2-14)23-12;1-4-6(10)7(11)8(12-2)5(3-9)13-4;1-2;/h6-12,14-19H,2-5H2,1H3;4-11H,3H2,1-2H3;;1H/t6?,7?,8?,9-,10?,11+,12-,13?;4-,5?,6?,7+,8?;;/m00../s1. The summed E-state index contributed by atoms with van der Waals surface area (Å²) in [4.78, 5) is 0. The SMILES string of the molecule is COC1(CO[C@H]2OC(CO)C(O)[C@H](O)C2O)COCC(O)[C@H]1O.COC1C(CO)O[C@@H](C)C(O)[C@H]1O.I.II. The fourth-order valence-electron chi connectivity index (χ4n) is 4.24. The van der Waals surface area contributed by atoms with Gasteiger partial charge in [0.1, 0.15) is 66.6 Å². The minimum Gasteiger partial charge on any atom is -0.394 e. The largest absolute Gasteiger partial charge is 0.394 e. The molecule has 3 fully saturated rings. The molecule has 3 aliphatic heterocycles. The highest BCUT2D eigenvalue weighted by molar-refractivity contribution is 15.0. The Kier molecular flexibility index (Phi) is 20.6. The van der Waals surface area contributed by atoms with E-state index in [2.05, 4.69) is 37.2 Å². The molecular formula is C21H41I3O15. The predicted octanol–water partition coefficient (Wildman–Crippen LogP) is -3.17. The Morgan fingerprint density at radius 2 is 1.41 bits per heavy atom. The van der Waals surface area contributed by atoms with Crippen molar-refractivity contribution in [3.8, 4) is 0 Å². The first-order chi connectivity index (χ1) is 18.0. The lowest BCUT2D eigenvalue weighted by Gasteiger charge is -2.44. The van der Waals surface area contributed by atoms with Crippen molar-refractivity contribution in [2.75, 3.05) is 47.3 Å². The van der Waals surface area contributed by atoms with Gasteiger partial charge in [-0.1, -0.05) is 0 Å². The summed E-state index contributed by atoms with van der Waals surface area (Å²) >= 11 is 4.24.